The van der Waals surface area contributed by atoms with Gasteiger partial charge in [0, 0.05) is 12.2 Å². The minimum Gasteiger partial charge on any atom is -0.370 e. The normalized spacial score (nSPS) is 15.9. The van der Waals surface area contributed by atoms with Crippen molar-refractivity contribution in [2.75, 3.05) is 36.5 Å². The van der Waals surface area contributed by atoms with Gasteiger partial charge in [-0.1, -0.05) is 6.92 Å². The van der Waals surface area contributed by atoms with E-state index in [1.54, 1.807) is 6.92 Å². The summed E-state index contributed by atoms with van der Waals surface area (Å²) in [5, 5.41) is 4.93. The molecule has 0 spiro atoms. The number of nitrogens with two attached hydrogens (primary N) is 1. The Morgan fingerprint density at radius 2 is 2.21 bits per heavy atom. The molecular weight excluding hydrogens is 319 g/mol. The minimum atomic E-state index is -1.25. The molecule has 3 amide bonds. The van der Waals surface area contributed by atoms with Crippen LogP contribution in [-0.4, -0.2) is 50.1 Å². The number of carbonyl (C=O) groups excluding carboxylic acids is 3. The van der Waals surface area contributed by atoms with Gasteiger partial charge < -0.3 is 20.7 Å². The van der Waals surface area contributed by atoms with Crippen LogP contribution >= 0.6 is 0 Å². The number of morpholine rings is 1. The molecule has 2 rings (SSSR count). The second kappa shape index (κ2) is 7.84. The van der Waals surface area contributed by atoms with Gasteiger partial charge in [-0.05, 0) is 24.7 Å². The van der Waals surface area contributed by atoms with Crippen LogP contribution in [0, 0.1) is 5.82 Å². The molecule has 1 aromatic rings. The fourth-order valence-electron chi connectivity index (χ4n) is 2.30. The first-order valence-corrected chi connectivity index (χ1v) is 7.45. The Kier molecular flexibility index (Phi) is 5.83. The Labute approximate surface area is 138 Å². The van der Waals surface area contributed by atoms with Gasteiger partial charge in [-0.2, -0.15) is 0 Å². The lowest BCUT2D eigenvalue weighted by Crippen LogP contribution is -2.49. The van der Waals surface area contributed by atoms with Crippen LogP contribution in [0.4, 0.5) is 15.8 Å². The van der Waals surface area contributed by atoms with E-state index in [-0.39, 0.29) is 18.2 Å². The molecule has 0 saturated carbocycles. The second-order valence-electron chi connectivity index (χ2n) is 5.14. The summed E-state index contributed by atoms with van der Waals surface area (Å²) in [5.74, 6) is -2.60. The van der Waals surface area contributed by atoms with Gasteiger partial charge in [-0.3, -0.25) is 19.7 Å². The highest BCUT2D eigenvalue weighted by atomic mass is 19.1. The van der Waals surface area contributed by atoms with Crippen molar-refractivity contribution in [2.24, 2.45) is 5.73 Å². The Bertz CT molecular complexity index is 652. The molecule has 24 heavy (non-hydrogen) atoms. The third-order valence-corrected chi connectivity index (χ3v) is 3.46. The molecule has 1 heterocycles. The van der Waals surface area contributed by atoms with E-state index in [9.17, 15) is 18.8 Å². The van der Waals surface area contributed by atoms with Crippen molar-refractivity contribution < 1.29 is 23.5 Å². The first-order valence-electron chi connectivity index (χ1n) is 7.45. The molecule has 0 unspecified atom stereocenters. The largest absolute Gasteiger partial charge is 0.370 e. The van der Waals surface area contributed by atoms with Gasteiger partial charge in [0.25, 0.3) is 11.8 Å². The summed E-state index contributed by atoms with van der Waals surface area (Å²) < 4.78 is 19.2. The van der Waals surface area contributed by atoms with E-state index in [0.29, 0.717) is 25.4 Å². The number of anilines is 2. The van der Waals surface area contributed by atoms with Crippen molar-refractivity contribution in [3.63, 3.8) is 0 Å². The van der Waals surface area contributed by atoms with Crippen LogP contribution < -0.4 is 21.3 Å². The number of rotatable bonds is 6. The van der Waals surface area contributed by atoms with E-state index in [2.05, 4.69) is 10.6 Å². The third-order valence-electron chi connectivity index (χ3n) is 3.46. The first-order chi connectivity index (χ1) is 11.4. The fraction of sp³-hybridized carbons (Fsp3) is 0.400. The van der Waals surface area contributed by atoms with Crippen LogP contribution in [0.25, 0.3) is 0 Å². The highest BCUT2D eigenvalue weighted by Gasteiger charge is 2.25. The van der Waals surface area contributed by atoms with Crippen molar-refractivity contribution in [3.05, 3.63) is 24.0 Å². The number of hydrogen-bond donors (Lipinski definition) is 3. The third kappa shape index (κ3) is 4.06. The average Bonchev–Trinajstić information content (AvgIpc) is 2.54. The minimum absolute atomic E-state index is 0.0525. The highest BCUT2D eigenvalue weighted by Crippen LogP contribution is 2.23. The van der Waals surface area contributed by atoms with Crippen LogP contribution in [0.15, 0.2) is 18.2 Å². The van der Waals surface area contributed by atoms with Gasteiger partial charge in [0.15, 0.2) is 6.04 Å². The lowest BCUT2D eigenvalue weighted by atomic mass is 10.2. The summed E-state index contributed by atoms with van der Waals surface area (Å²) in [5.41, 5.74) is 5.41. The molecule has 4 N–H and O–H groups in total. The zero-order valence-electron chi connectivity index (χ0n) is 13.2. The lowest BCUT2D eigenvalue weighted by molar-refractivity contribution is -0.128. The Hall–Kier alpha value is -2.52. The van der Waals surface area contributed by atoms with E-state index in [4.69, 9.17) is 10.5 Å². The van der Waals surface area contributed by atoms with Crippen LogP contribution in [0.1, 0.15) is 6.92 Å². The molecular formula is C15H19FN4O4. The molecule has 8 nitrogen and oxygen atoms in total. The monoisotopic (exact) mass is 338 g/mol. The lowest BCUT2D eigenvalue weighted by Gasteiger charge is -2.27. The van der Waals surface area contributed by atoms with E-state index in [0.717, 1.165) is 6.07 Å². The zero-order chi connectivity index (χ0) is 17.7. The van der Waals surface area contributed by atoms with E-state index in [1.165, 1.54) is 17.0 Å². The first kappa shape index (κ1) is 17.8. The van der Waals surface area contributed by atoms with Gasteiger partial charge >= 0.3 is 0 Å². The number of carbonyl (C=O) groups is 3. The molecule has 1 atom stereocenters. The zero-order valence-corrected chi connectivity index (χ0v) is 13.2. The summed E-state index contributed by atoms with van der Waals surface area (Å²) in [6.45, 7) is 2.70. The standard InChI is InChI=1S/C15H19FN4O4/c1-2-18-13(14(17)22)15(23)19-11-4-3-9(7-10(11)16)20-5-6-24-8-12(20)21/h3-4,7,13,18H,2,5-6,8H2,1H3,(H2,17,22)(H,19,23)/t13-/m1/s1. The molecule has 0 aromatic heterocycles. The number of amides is 3. The van der Waals surface area contributed by atoms with Crippen LogP contribution in [-0.2, 0) is 19.1 Å². The SMILES string of the molecule is CCN[C@H](C(N)=O)C(=O)Nc1ccc(N2CCOCC2=O)cc1F. The second-order valence-corrected chi connectivity index (χ2v) is 5.14. The summed E-state index contributed by atoms with van der Waals surface area (Å²) >= 11 is 0. The predicted molar refractivity (Wildman–Crippen MR) is 84.9 cm³/mol. The quantitative estimate of drug-likeness (QED) is 0.610. The molecule has 0 aliphatic carbocycles. The topological polar surface area (TPSA) is 114 Å². The maximum Gasteiger partial charge on any atom is 0.253 e. The molecule has 1 fully saturated rings. The number of benzene rings is 1. The number of halogens is 1. The van der Waals surface area contributed by atoms with Gasteiger partial charge in [-0.25, -0.2) is 4.39 Å². The molecule has 9 heteroatoms. The summed E-state index contributed by atoms with van der Waals surface area (Å²) in [4.78, 5) is 36.4. The smallest absolute Gasteiger partial charge is 0.253 e. The summed E-state index contributed by atoms with van der Waals surface area (Å²) in [7, 11) is 0. The van der Waals surface area contributed by atoms with Crippen molar-refractivity contribution in [2.45, 2.75) is 13.0 Å². The number of nitrogens with one attached hydrogen (secondary N) is 2. The number of likely N-dealkylation sites (N-methyl/N-ethyl adjacent to an activating group) is 1. The summed E-state index contributed by atoms with van der Waals surface area (Å²) in [6, 6.07) is 2.73. The van der Waals surface area contributed by atoms with Crippen molar-refractivity contribution in [1.29, 1.82) is 0 Å². The predicted octanol–water partition coefficient (Wildman–Crippen LogP) is -0.409. The maximum absolute atomic E-state index is 14.2. The average molecular weight is 338 g/mol. The fourth-order valence-corrected chi connectivity index (χ4v) is 2.30. The number of nitrogens with zero attached hydrogens (tertiary/aromatic N) is 1. The molecule has 1 aliphatic heterocycles. The van der Waals surface area contributed by atoms with Crippen LogP contribution in [0.3, 0.4) is 0 Å². The summed E-state index contributed by atoms with van der Waals surface area (Å²) in [6.07, 6.45) is 0. The Morgan fingerprint density at radius 3 is 2.79 bits per heavy atom. The molecule has 1 aliphatic rings. The Balaban J connectivity index is 2.13. The van der Waals surface area contributed by atoms with E-state index >= 15 is 0 Å². The number of primary amides is 1. The van der Waals surface area contributed by atoms with Gasteiger partial charge in [0.05, 0.1) is 12.3 Å². The molecule has 1 saturated heterocycles. The van der Waals surface area contributed by atoms with E-state index in [1.807, 2.05) is 0 Å². The Morgan fingerprint density at radius 1 is 1.46 bits per heavy atom. The number of ether oxygens (including phenoxy) is 1. The van der Waals surface area contributed by atoms with Crippen LogP contribution in [0.5, 0.6) is 0 Å². The van der Waals surface area contributed by atoms with Crippen LogP contribution in [0.2, 0.25) is 0 Å². The van der Waals surface area contributed by atoms with E-state index < -0.39 is 23.7 Å². The van der Waals surface area contributed by atoms with Crippen molar-refractivity contribution in [1.82, 2.24) is 5.32 Å². The maximum atomic E-state index is 14.2. The van der Waals surface area contributed by atoms with Crippen molar-refractivity contribution >= 4 is 29.1 Å². The van der Waals surface area contributed by atoms with Gasteiger partial charge in [-0.15, -0.1) is 0 Å². The molecule has 130 valence electrons. The molecule has 0 radical (unpaired) electrons. The van der Waals surface area contributed by atoms with Crippen molar-refractivity contribution in [3.8, 4) is 0 Å². The molecule has 1 aromatic carbocycles. The molecule has 0 bridgehead atoms. The highest BCUT2D eigenvalue weighted by molar-refractivity contribution is 6.09. The van der Waals surface area contributed by atoms with Gasteiger partial charge in [0.2, 0.25) is 5.91 Å². The number of hydrogen-bond acceptors (Lipinski definition) is 5. The van der Waals surface area contributed by atoms with Gasteiger partial charge in [0.1, 0.15) is 12.4 Å².